The maximum atomic E-state index is 10.7. The van der Waals surface area contributed by atoms with Crippen LogP contribution in [0.25, 0.3) is 0 Å². The number of hydrogen-bond acceptors (Lipinski definition) is 1. The molecule has 0 N–H and O–H groups in total. The maximum absolute atomic E-state index is 10.7. The second kappa shape index (κ2) is 3.04. The standard InChI is InChI=1S/C11H16O/c1-8(12)2-4-10-6-9-3-5-11(10)7-9/h2,4,9-11H,3,5-7H2,1H3/b4-2+/t9-,10+,11+/m0/s1. The molecule has 2 fully saturated rings. The number of carbonyl (C=O) groups is 1. The normalized spacial score (nSPS) is 39.6. The molecule has 0 aromatic carbocycles. The minimum Gasteiger partial charge on any atom is -0.295 e. The van der Waals surface area contributed by atoms with Crippen molar-refractivity contribution in [1.82, 2.24) is 0 Å². The smallest absolute Gasteiger partial charge is 0.152 e. The van der Waals surface area contributed by atoms with Crippen molar-refractivity contribution in [2.45, 2.75) is 32.6 Å². The largest absolute Gasteiger partial charge is 0.295 e. The molecule has 0 unspecified atom stereocenters. The van der Waals surface area contributed by atoms with Crippen LogP contribution in [0.5, 0.6) is 0 Å². The summed E-state index contributed by atoms with van der Waals surface area (Å²) in [4.78, 5) is 10.7. The van der Waals surface area contributed by atoms with Crippen molar-refractivity contribution in [3.8, 4) is 0 Å². The molecule has 0 aliphatic heterocycles. The van der Waals surface area contributed by atoms with E-state index in [1.165, 1.54) is 25.7 Å². The van der Waals surface area contributed by atoms with Crippen LogP contribution in [0.4, 0.5) is 0 Å². The van der Waals surface area contributed by atoms with Gasteiger partial charge in [-0.1, -0.05) is 12.5 Å². The topological polar surface area (TPSA) is 17.1 Å². The van der Waals surface area contributed by atoms with Crippen molar-refractivity contribution in [2.75, 3.05) is 0 Å². The van der Waals surface area contributed by atoms with Crippen molar-refractivity contribution in [2.24, 2.45) is 17.8 Å². The van der Waals surface area contributed by atoms with Gasteiger partial charge in [0.1, 0.15) is 0 Å². The molecular weight excluding hydrogens is 148 g/mol. The molecule has 0 amide bonds. The number of carbonyl (C=O) groups excluding carboxylic acids is 1. The fourth-order valence-corrected chi connectivity index (χ4v) is 2.79. The summed E-state index contributed by atoms with van der Waals surface area (Å²) in [5.41, 5.74) is 0. The average Bonchev–Trinajstić information content (AvgIpc) is 2.60. The zero-order chi connectivity index (χ0) is 8.55. The monoisotopic (exact) mass is 164 g/mol. The van der Waals surface area contributed by atoms with Gasteiger partial charge in [-0.15, -0.1) is 0 Å². The van der Waals surface area contributed by atoms with Crippen molar-refractivity contribution in [1.29, 1.82) is 0 Å². The van der Waals surface area contributed by atoms with Gasteiger partial charge < -0.3 is 0 Å². The molecule has 0 aromatic heterocycles. The van der Waals surface area contributed by atoms with Crippen molar-refractivity contribution in [3.05, 3.63) is 12.2 Å². The quantitative estimate of drug-likeness (QED) is 0.573. The van der Waals surface area contributed by atoms with Crippen molar-refractivity contribution < 1.29 is 4.79 Å². The first-order valence-electron chi connectivity index (χ1n) is 4.94. The molecule has 66 valence electrons. The molecule has 0 saturated heterocycles. The van der Waals surface area contributed by atoms with E-state index >= 15 is 0 Å². The fourth-order valence-electron chi connectivity index (χ4n) is 2.79. The first-order chi connectivity index (χ1) is 5.75. The van der Waals surface area contributed by atoms with Gasteiger partial charge in [0, 0.05) is 0 Å². The minimum atomic E-state index is 0.192. The van der Waals surface area contributed by atoms with Crippen LogP contribution in [0.3, 0.4) is 0 Å². The van der Waals surface area contributed by atoms with E-state index in [2.05, 4.69) is 6.08 Å². The van der Waals surface area contributed by atoms with E-state index in [0.29, 0.717) is 0 Å². The molecule has 2 aliphatic carbocycles. The van der Waals surface area contributed by atoms with Crippen LogP contribution in [0.2, 0.25) is 0 Å². The Kier molecular flexibility index (Phi) is 2.03. The number of allylic oxidation sites excluding steroid dienone is 2. The number of fused-ring (bicyclic) bond motifs is 2. The Morgan fingerprint density at radius 2 is 2.17 bits per heavy atom. The SMILES string of the molecule is CC(=O)/C=C/[C@@H]1C[C@@H]2CC[C@@H]1C2. The Bertz CT molecular complexity index is 217. The summed E-state index contributed by atoms with van der Waals surface area (Å²) in [5.74, 6) is 2.81. The van der Waals surface area contributed by atoms with Gasteiger partial charge in [-0.2, -0.15) is 0 Å². The van der Waals surface area contributed by atoms with E-state index in [-0.39, 0.29) is 5.78 Å². The van der Waals surface area contributed by atoms with E-state index < -0.39 is 0 Å². The second-order valence-electron chi connectivity index (χ2n) is 4.31. The van der Waals surface area contributed by atoms with Gasteiger partial charge in [0.05, 0.1) is 0 Å². The van der Waals surface area contributed by atoms with E-state index in [9.17, 15) is 4.79 Å². The molecule has 2 saturated carbocycles. The van der Waals surface area contributed by atoms with Crippen LogP contribution in [-0.4, -0.2) is 5.78 Å². The van der Waals surface area contributed by atoms with E-state index in [1.807, 2.05) is 0 Å². The van der Waals surface area contributed by atoms with E-state index in [0.717, 1.165) is 17.8 Å². The first-order valence-corrected chi connectivity index (χ1v) is 4.94. The first kappa shape index (κ1) is 8.03. The Labute approximate surface area is 73.8 Å². The second-order valence-corrected chi connectivity index (χ2v) is 4.31. The van der Waals surface area contributed by atoms with Crippen LogP contribution in [-0.2, 0) is 4.79 Å². The lowest BCUT2D eigenvalue weighted by molar-refractivity contribution is -0.112. The third kappa shape index (κ3) is 1.45. The number of ketones is 1. The summed E-state index contributed by atoms with van der Waals surface area (Å²) in [5, 5.41) is 0. The molecule has 0 radical (unpaired) electrons. The molecule has 1 heteroatoms. The minimum absolute atomic E-state index is 0.192. The molecular formula is C11H16O. The Morgan fingerprint density at radius 3 is 2.67 bits per heavy atom. The zero-order valence-electron chi connectivity index (χ0n) is 7.62. The Hall–Kier alpha value is -0.590. The van der Waals surface area contributed by atoms with Gasteiger partial charge in [-0.05, 0) is 50.0 Å². The van der Waals surface area contributed by atoms with Gasteiger partial charge in [-0.25, -0.2) is 0 Å². The van der Waals surface area contributed by atoms with Crippen LogP contribution in [0, 0.1) is 17.8 Å². The molecule has 2 aliphatic rings. The molecule has 2 rings (SSSR count). The summed E-state index contributed by atoms with van der Waals surface area (Å²) in [6.45, 7) is 1.63. The highest BCUT2D eigenvalue weighted by atomic mass is 16.1. The molecule has 3 atom stereocenters. The van der Waals surface area contributed by atoms with E-state index in [4.69, 9.17) is 0 Å². The van der Waals surface area contributed by atoms with Gasteiger partial charge in [0.15, 0.2) is 5.78 Å². The number of rotatable bonds is 2. The Morgan fingerprint density at radius 1 is 1.33 bits per heavy atom. The van der Waals surface area contributed by atoms with Crippen molar-refractivity contribution in [3.63, 3.8) is 0 Å². The summed E-state index contributed by atoms with van der Waals surface area (Å²) in [6.07, 6.45) is 9.51. The molecule has 0 spiro atoms. The van der Waals surface area contributed by atoms with Crippen LogP contribution < -0.4 is 0 Å². The molecule has 0 aromatic rings. The van der Waals surface area contributed by atoms with Gasteiger partial charge in [-0.3, -0.25) is 4.79 Å². The highest BCUT2D eigenvalue weighted by Crippen LogP contribution is 2.48. The third-order valence-electron chi connectivity index (χ3n) is 3.37. The van der Waals surface area contributed by atoms with Crippen LogP contribution in [0.1, 0.15) is 32.6 Å². The molecule has 0 heterocycles. The van der Waals surface area contributed by atoms with Crippen LogP contribution in [0.15, 0.2) is 12.2 Å². The number of hydrogen-bond donors (Lipinski definition) is 0. The summed E-state index contributed by atoms with van der Waals surface area (Å²) in [6, 6.07) is 0. The summed E-state index contributed by atoms with van der Waals surface area (Å²) in [7, 11) is 0. The summed E-state index contributed by atoms with van der Waals surface area (Å²) < 4.78 is 0. The lowest BCUT2D eigenvalue weighted by atomic mass is 9.88. The summed E-state index contributed by atoms with van der Waals surface area (Å²) >= 11 is 0. The predicted molar refractivity (Wildman–Crippen MR) is 48.8 cm³/mol. The van der Waals surface area contributed by atoms with Gasteiger partial charge in [0.25, 0.3) is 0 Å². The molecule has 2 bridgehead atoms. The lowest BCUT2D eigenvalue weighted by Crippen LogP contribution is -2.07. The predicted octanol–water partition coefficient (Wildman–Crippen LogP) is 2.57. The highest BCUT2D eigenvalue weighted by molar-refractivity contribution is 5.87. The van der Waals surface area contributed by atoms with E-state index in [1.54, 1.807) is 13.0 Å². The lowest BCUT2D eigenvalue weighted by Gasteiger charge is -2.17. The average molecular weight is 164 g/mol. The van der Waals surface area contributed by atoms with Crippen LogP contribution >= 0.6 is 0 Å². The fraction of sp³-hybridized carbons (Fsp3) is 0.727. The maximum Gasteiger partial charge on any atom is 0.152 e. The van der Waals surface area contributed by atoms with Gasteiger partial charge >= 0.3 is 0 Å². The van der Waals surface area contributed by atoms with Gasteiger partial charge in [0.2, 0.25) is 0 Å². The highest BCUT2D eigenvalue weighted by Gasteiger charge is 2.37. The zero-order valence-corrected chi connectivity index (χ0v) is 7.62. The third-order valence-corrected chi connectivity index (χ3v) is 3.37. The Balaban J connectivity index is 1.94. The molecule has 1 nitrogen and oxygen atoms in total. The van der Waals surface area contributed by atoms with Crippen molar-refractivity contribution >= 4 is 5.78 Å². The molecule has 12 heavy (non-hydrogen) atoms.